The summed E-state index contributed by atoms with van der Waals surface area (Å²) in [6.07, 6.45) is 5.29. The molecule has 1 aliphatic heterocycles. The lowest BCUT2D eigenvalue weighted by Gasteiger charge is -2.46. The first-order chi connectivity index (χ1) is 8.42. The van der Waals surface area contributed by atoms with Crippen LogP contribution >= 0.6 is 0 Å². The summed E-state index contributed by atoms with van der Waals surface area (Å²) in [6, 6.07) is 0. The van der Waals surface area contributed by atoms with Gasteiger partial charge in [0.05, 0.1) is 0 Å². The highest BCUT2D eigenvalue weighted by Crippen LogP contribution is 2.52. The maximum Gasteiger partial charge on any atom is 0.334 e. The standard InChI is InChI=1S/C15H18O3/c1-8-10-6-11-9(2)12(16)4-5-15(11,3)7-13(10)18-14(8)17/h4-5,9,11,13H,6-7H2,1-3H3/t9-,11-,13-,15+/m1/s1. The Hall–Kier alpha value is -1.38. The molecule has 3 rings (SSSR count). The van der Waals surface area contributed by atoms with Gasteiger partial charge in [0.25, 0.3) is 0 Å². The fourth-order valence-electron chi connectivity index (χ4n) is 3.69. The number of fused-ring (bicyclic) bond motifs is 2. The van der Waals surface area contributed by atoms with E-state index < -0.39 is 0 Å². The highest BCUT2D eigenvalue weighted by atomic mass is 16.5. The maximum absolute atomic E-state index is 11.8. The van der Waals surface area contributed by atoms with Gasteiger partial charge < -0.3 is 4.74 Å². The second-order valence-electron chi connectivity index (χ2n) is 6.09. The molecule has 0 amide bonds. The Morgan fingerprint density at radius 1 is 1.39 bits per heavy atom. The Morgan fingerprint density at radius 2 is 2.11 bits per heavy atom. The third-order valence-electron chi connectivity index (χ3n) is 5.02. The van der Waals surface area contributed by atoms with Crippen LogP contribution in [0.4, 0.5) is 0 Å². The number of esters is 1. The van der Waals surface area contributed by atoms with E-state index in [-0.39, 0.29) is 29.2 Å². The molecule has 3 aliphatic rings. The molecule has 96 valence electrons. The van der Waals surface area contributed by atoms with E-state index in [4.69, 9.17) is 4.74 Å². The first kappa shape index (κ1) is 11.7. The summed E-state index contributed by atoms with van der Waals surface area (Å²) in [5.74, 6) is 0.363. The van der Waals surface area contributed by atoms with Crippen LogP contribution in [-0.2, 0) is 14.3 Å². The molecule has 3 heteroatoms. The van der Waals surface area contributed by atoms with Crippen molar-refractivity contribution in [3.63, 3.8) is 0 Å². The Balaban J connectivity index is 2.02. The lowest BCUT2D eigenvalue weighted by atomic mass is 9.58. The lowest BCUT2D eigenvalue weighted by Crippen LogP contribution is -2.44. The molecule has 1 heterocycles. The van der Waals surface area contributed by atoms with Gasteiger partial charge in [0.1, 0.15) is 6.10 Å². The number of allylic oxidation sites excluding steroid dienone is 2. The van der Waals surface area contributed by atoms with Crippen LogP contribution in [0, 0.1) is 17.3 Å². The van der Waals surface area contributed by atoms with Gasteiger partial charge in [-0.15, -0.1) is 0 Å². The zero-order chi connectivity index (χ0) is 13.1. The van der Waals surface area contributed by atoms with Gasteiger partial charge in [0, 0.05) is 11.5 Å². The number of rotatable bonds is 0. The van der Waals surface area contributed by atoms with Gasteiger partial charge in [-0.2, -0.15) is 0 Å². The highest BCUT2D eigenvalue weighted by molar-refractivity contribution is 5.94. The van der Waals surface area contributed by atoms with Gasteiger partial charge in [-0.05, 0) is 42.7 Å². The van der Waals surface area contributed by atoms with E-state index in [1.54, 1.807) is 6.08 Å². The van der Waals surface area contributed by atoms with Crippen molar-refractivity contribution in [2.24, 2.45) is 17.3 Å². The summed E-state index contributed by atoms with van der Waals surface area (Å²) in [4.78, 5) is 23.5. The number of ketones is 1. The molecule has 0 radical (unpaired) electrons. The van der Waals surface area contributed by atoms with E-state index in [0.29, 0.717) is 5.92 Å². The highest BCUT2D eigenvalue weighted by Gasteiger charge is 2.50. The van der Waals surface area contributed by atoms with Crippen molar-refractivity contribution in [2.75, 3.05) is 0 Å². The molecule has 3 nitrogen and oxygen atoms in total. The summed E-state index contributed by atoms with van der Waals surface area (Å²) >= 11 is 0. The molecule has 4 atom stereocenters. The van der Waals surface area contributed by atoms with Crippen molar-refractivity contribution in [3.8, 4) is 0 Å². The second-order valence-corrected chi connectivity index (χ2v) is 6.09. The van der Waals surface area contributed by atoms with Crippen LogP contribution in [0.25, 0.3) is 0 Å². The van der Waals surface area contributed by atoms with Crippen LogP contribution < -0.4 is 0 Å². The van der Waals surface area contributed by atoms with Gasteiger partial charge in [-0.25, -0.2) is 4.79 Å². The van der Waals surface area contributed by atoms with E-state index in [9.17, 15) is 9.59 Å². The topological polar surface area (TPSA) is 43.4 Å². The Labute approximate surface area is 107 Å². The minimum absolute atomic E-state index is 0.0214. The van der Waals surface area contributed by atoms with Crippen molar-refractivity contribution in [2.45, 2.75) is 39.7 Å². The normalized spacial score (nSPS) is 42.7. The SMILES string of the molecule is CC1=C2C[C@@H]3[C@@H](C)C(=O)C=C[C@@]3(C)C[C@H]2OC1=O. The van der Waals surface area contributed by atoms with Gasteiger partial charge in [-0.3, -0.25) is 4.79 Å². The molecule has 2 aliphatic carbocycles. The first-order valence-corrected chi connectivity index (χ1v) is 6.56. The Bertz CT molecular complexity index is 500. The number of hydrogen-bond donors (Lipinski definition) is 0. The predicted octanol–water partition coefficient (Wildman–Crippen LogP) is 2.42. The van der Waals surface area contributed by atoms with Crippen molar-refractivity contribution in [1.82, 2.24) is 0 Å². The van der Waals surface area contributed by atoms with Gasteiger partial charge in [-0.1, -0.05) is 19.9 Å². The Kier molecular flexibility index (Phi) is 2.31. The van der Waals surface area contributed by atoms with Crippen LogP contribution in [0.1, 0.15) is 33.6 Å². The molecule has 0 saturated heterocycles. The van der Waals surface area contributed by atoms with Gasteiger partial charge >= 0.3 is 5.97 Å². The quantitative estimate of drug-likeness (QED) is 0.616. The van der Waals surface area contributed by atoms with E-state index >= 15 is 0 Å². The predicted molar refractivity (Wildman–Crippen MR) is 66.7 cm³/mol. The summed E-state index contributed by atoms with van der Waals surface area (Å²) in [5.41, 5.74) is 1.86. The van der Waals surface area contributed by atoms with Crippen molar-refractivity contribution < 1.29 is 14.3 Å². The second kappa shape index (κ2) is 3.56. The van der Waals surface area contributed by atoms with Crippen LogP contribution in [0.15, 0.2) is 23.3 Å². The number of carbonyl (C=O) groups is 2. The third-order valence-corrected chi connectivity index (χ3v) is 5.02. The van der Waals surface area contributed by atoms with Gasteiger partial charge in [0.2, 0.25) is 0 Å². The summed E-state index contributed by atoms with van der Waals surface area (Å²) in [6.45, 7) is 6.02. The maximum atomic E-state index is 11.8. The van der Waals surface area contributed by atoms with Crippen LogP contribution in [0.2, 0.25) is 0 Å². The molecule has 0 aromatic carbocycles. The lowest BCUT2D eigenvalue weighted by molar-refractivity contribution is -0.142. The molecule has 18 heavy (non-hydrogen) atoms. The van der Waals surface area contributed by atoms with Crippen LogP contribution in [-0.4, -0.2) is 17.9 Å². The van der Waals surface area contributed by atoms with E-state index in [1.807, 2.05) is 19.9 Å². The average Bonchev–Trinajstić information content (AvgIpc) is 2.58. The fraction of sp³-hybridized carbons (Fsp3) is 0.600. The van der Waals surface area contributed by atoms with E-state index in [2.05, 4.69) is 6.92 Å². The molecule has 0 aromatic rings. The van der Waals surface area contributed by atoms with Crippen LogP contribution in [0.3, 0.4) is 0 Å². The Morgan fingerprint density at radius 3 is 2.83 bits per heavy atom. The van der Waals surface area contributed by atoms with Crippen LogP contribution in [0.5, 0.6) is 0 Å². The molecule has 1 fully saturated rings. The number of carbonyl (C=O) groups excluding carboxylic acids is 2. The van der Waals surface area contributed by atoms with Gasteiger partial charge in [0.15, 0.2) is 5.78 Å². The fourth-order valence-corrected chi connectivity index (χ4v) is 3.69. The van der Waals surface area contributed by atoms with Crippen molar-refractivity contribution in [1.29, 1.82) is 0 Å². The first-order valence-electron chi connectivity index (χ1n) is 6.56. The molecule has 0 aromatic heterocycles. The summed E-state index contributed by atoms with van der Waals surface area (Å²) in [5, 5.41) is 0. The zero-order valence-corrected chi connectivity index (χ0v) is 11.0. The smallest absolute Gasteiger partial charge is 0.334 e. The summed E-state index contributed by atoms with van der Waals surface area (Å²) in [7, 11) is 0. The number of hydrogen-bond acceptors (Lipinski definition) is 3. The minimum atomic E-state index is -0.180. The molecule has 0 spiro atoms. The average molecular weight is 246 g/mol. The summed E-state index contributed by atoms with van der Waals surface area (Å²) < 4.78 is 5.42. The zero-order valence-electron chi connectivity index (χ0n) is 11.0. The van der Waals surface area contributed by atoms with Crippen molar-refractivity contribution >= 4 is 11.8 Å². The molecular formula is C15H18O3. The molecule has 0 N–H and O–H groups in total. The van der Waals surface area contributed by atoms with Crippen molar-refractivity contribution in [3.05, 3.63) is 23.3 Å². The molecule has 1 saturated carbocycles. The minimum Gasteiger partial charge on any atom is -0.454 e. The molecule has 0 bridgehead atoms. The van der Waals surface area contributed by atoms with E-state index in [1.165, 1.54) is 0 Å². The largest absolute Gasteiger partial charge is 0.454 e. The third kappa shape index (κ3) is 1.43. The molecular weight excluding hydrogens is 228 g/mol. The monoisotopic (exact) mass is 246 g/mol. The molecule has 0 unspecified atom stereocenters. The number of ether oxygens (including phenoxy) is 1. The van der Waals surface area contributed by atoms with E-state index in [0.717, 1.165) is 24.0 Å².